The molecule has 1 rings (SSSR count). The van der Waals surface area contributed by atoms with Crippen LogP contribution in [-0.4, -0.2) is 23.0 Å². The van der Waals surface area contributed by atoms with Crippen molar-refractivity contribution in [3.63, 3.8) is 0 Å². The summed E-state index contributed by atoms with van der Waals surface area (Å²) in [4.78, 5) is 24.1. The van der Waals surface area contributed by atoms with Crippen LogP contribution in [-0.2, 0) is 9.59 Å². The minimum atomic E-state index is -0.971. The Labute approximate surface area is 125 Å². The van der Waals surface area contributed by atoms with Crippen LogP contribution < -0.4 is 5.32 Å². The van der Waals surface area contributed by atoms with Crippen LogP contribution in [0, 0.1) is 0 Å². The van der Waals surface area contributed by atoms with Crippen molar-refractivity contribution in [1.82, 2.24) is 5.32 Å². The average molecular weight is 348 g/mol. The molecule has 0 saturated heterocycles. The van der Waals surface area contributed by atoms with E-state index in [9.17, 15) is 9.59 Å². The first-order valence-corrected chi connectivity index (χ1v) is 7.85. The van der Waals surface area contributed by atoms with Crippen molar-refractivity contribution in [3.05, 3.63) is 20.8 Å². The first-order chi connectivity index (χ1) is 8.95. The second kappa shape index (κ2) is 7.65. The molecule has 2 atom stereocenters. The smallest absolute Gasteiger partial charge is 0.326 e. The van der Waals surface area contributed by atoms with Crippen molar-refractivity contribution < 1.29 is 14.7 Å². The Morgan fingerprint density at radius 3 is 2.63 bits per heavy atom. The molecule has 1 aromatic rings. The lowest BCUT2D eigenvalue weighted by Crippen LogP contribution is -2.42. The molecule has 0 bridgehead atoms. The van der Waals surface area contributed by atoms with Crippen molar-refractivity contribution in [2.45, 2.75) is 45.1 Å². The summed E-state index contributed by atoms with van der Waals surface area (Å²) in [5, 5.41) is 11.7. The van der Waals surface area contributed by atoms with Gasteiger partial charge in [0.25, 0.3) is 0 Å². The monoisotopic (exact) mass is 347 g/mol. The third kappa shape index (κ3) is 4.95. The highest BCUT2D eigenvalue weighted by Gasteiger charge is 2.23. The maximum Gasteiger partial charge on any atom is 0.326 e. The number of carboxylic acid groups (broad SMARTS) is 1. The van der Waals surface area contributed by atoms with Crippen LogP contribution in [0.1, 0.15) is 43.9 Å². The van der Waals surface area contributed by atoms with Crippen molar-refractivity contribution in [2.75, 3.05) is 0 Å². The number of unbranched alkanes of at least 4 members (excludes halogenated alkanes) is 1. The van der Waals surface area contributed by atoms with Gasteiger partial charge >= 0.3 is 5.97 Å². The number of aliphatic carboxylic acids is 1. The Hall–Kier alpha value is -0.880. The summed E-state index contributed by atoms with van der Waals surface area (Å²) in [5.41, 5.74) is 0. The molecule has 6 heteroatoms. The lowest BCUT2D eigenvalue weighted by molar-refractivity contribution is -0.142. The molecule has 2 N–H and O–H groups in total. The second-order valence-corrected chi connectivity index (χ2v) is 6.90. The highest BCUT2D eigenvalue weighted by atomic mass is 79.9. The van der Waals surface area contributed by atoms with E-state index in [-0.39, 0.29) is 11.8 Å². The van der Waals surface area contributed by atoms with Gasteiger partial charge in [-0.05, 0) is 41.4 Å². The molecule has 19 heavy (non-hydrogen) atoms. The van der Waals surface area contributed by atoms with E-state index in [1.165, 1.54) is 11.3 Å². The van der Waals surface area contributed by atoms with Gasteiger partial charge in [-0.25, -0.2) is 4.79 Å². The van der Waals surface area contributed by atoms with Gasteiger partial charge in [-0.2, -0.15) is 0 Å². The molecule has 106 valence electrons. The van der Waals surface area contributed by atoms with Gasteiger partial charge in [0.15, 0.2) is 0 Å². The summed E-state index contributed by atoms with van der Waals surface area (Å²) in [6.45, 7) is 3.78. The average Bonchev–Trinajstić information content (AvgIpc) is 2.79. The summed E-state index contributed by atoms with van der Waals surface area (Å²) >= 11 is 4.84. The van der Waals surface area contributed by atoms with Crippen LogP contribution in [0.4, 0.5) is 0 Å². The first-order valence-electron chi connectivity index (χ1n) is 6.24. The van der Waals surface area contributed by atoms with Gasteiger partial charge in [-0.15, -0.1) is 11.3 Å². The second-order valence-electron chi connectivity index (χ2n) is 4.41. The van der Waals surface area contributed by atoms with Gasteiger partial charge in [0.05, 0.1) is 9.70 Å². The maximum atomic E-state index is 12.0. The van der Waals surface area contributed by atoms with Gasteiger partial charge in [-0.1, -0.05) is 19.8 Å². The van der Waals surface area contributed by atoms with Crippen molar-refractivity contribution in [3.8, 4) is 0 Å². The number of nitrogens with one attached hydrogen (secondary N) is 1. The van der Waals surface area contributed by atoms with Crippen molar-refractivity contribution in [2.24, 2.45) is 0 Å². The fourth-order valence-corrected chi connectivity index (χ4v) is 3.13. The van der Waals surface area contributed by atoms with E-state index in [0.29, 0.717) is 6.42 Å². The molecule has 1 aromatic heterocycles. The predicted molar refractivity (Wildman–Crippen MR) is 79.5 cm³/mol. The van der Waals surface area contributed by atoms with Crippen LogP contribution in [0.25, 0.3) is 0 Å². The Kier molecular flexibility index (Phi) is 6.51. The minimum Gasteiger partial charge on any atom is -0.480 e. The van der Waals surface area contributed by atoms with E-state index in [0.717, 1.165) is 21.5 Å². The van der Waals surface area contributed by atoms with Gasteiger partial charge in [0.2, 0.25) is 5.91 Å². The van der Waals surface area contributed by atoms with Crippen LogP contribution in [0.15, 0.2) is 15.9 Å². The fourth-order valence-electron chi connectivity index (χ4n) is 1.65. The molecule has 0 aliphatic carbocycles. The largest absolute Gasteiger partial charge is 0.480 e. The van der Waals surface area contributed by atoms with E-state index >= 15 is 0 Å². The lowest BCUT2D eigenvalue weighted by atomic mass is 10.1. The number of hydrogen-bond acceptors (Lipinski definition) is 3. The minimum absolute atomic E-state index is 0.238. The molecule has 4 nitrogen and oxygen atoms in total. The molecule has 0 fully saturated rings. The highest BCUT2D eigenvalue weighted by molar-refractivity contribution is 9.11. The standard InChI is InChI=1S/C13H18BrNO3S/c1-3-4-5-9(13(17)18)15-12(16)8(2)10-6-7-11(14)19-10/h6-9H,3-5H2,1-2H3,(H,15,16)(H,17,18). The Balaban J connectivity index is 2.63. The quantitative estimate of drug-likeness (QED) is 0.794. The summed E-state index contributed by atoms with van der Waals surface area (Å²) < 4.78 is 0.961. The summed E-state index contributed by atoms with van der Waals surface area (Å²) in [6.07, 6.45) is 2.17. The molecule has 1 heterocycles. The van der Waals surface area contributed by atoms with Crippen LogP contribution in [0.3, 0.4) is 0 Å². The number of carbonyl (C=O) groups excluding carboxylic acids is 1. The zero-order valence-electron chi connectivity index (χ0n) is 11.0. The number of carboxylic acids is 1. The first kappa shape index (κ1) is 16.2. The van der Waals surface area contributed by atoms with Gasteiger partial charge in [-0.3, -0.25) is 4.79 Å². The number of carbonyl (C=O) groups is 2. The van der Waals surface area contributed by atoms with E-state index < -0.39 is 12.0 Å². The molecule has 0 aliphatic rings. The van der Waals surface area contributed by atoms with Crippen molar-refractivity contribution in [1.29, 1.82) is 0 Å². The number of rotatable bonds is 7. The van der Waals surface area contributed by atoms with Crippen LogP contribution >= 0.6 is 27.3 Å². The Morgan fingerprint density at radius 2 is 2.16 bits per heavy atom. The van der Waals surface area contributed by atoms with E-state index in [1.54, 1.807) is 6.92 Å². The van der Waals surface area contributed by atoms with E-state index in [2.05, 4.69) is 21.2 Å². The SMILES string of the molecule is CCCCC(NC(=O)C(C)c1ccc(Br)s1)C(=O)O. The van der Waals surface area contributed by atoms with Crippen LogP contribution in [0.2, 0.25) is 0 Å². The molecule has 0 radical (unpaired) electrons. The van der Waals surface area contributed by atoms with Gasteiger partial charge in [0, 0.05) is 4.88 Å². The molecular weight excluding hydrogens is 330 g/mol. The fraction of sp³-hybridized carbons (Fsp3) is 0.538. The molecule has 1 amide bonds. The van der Waals surface area contributed by atoms with Gasteiger partial charge in [0.1, 0.15) is 6.04 Å². The molecule has 0 aromatic carbocycles. The third-order valence-electron chi connectivity index (χ3n) is 2.87. The number of thiophene rings is 1. The number of halogens is 1. The predicted octanol–water partition coefficient (Wildman–Crippen LogP) is 3.37. The highest BCUT2D eigenvalue weighted by Crippen LogP contribution is 2.28. The maximum absolute atomic E-state index is 12.0. The number of hydrogen-bond donors (Lipinski definition) is 2. The summed E-state index contributed by atoms with van der Waals surface area (Å²) in [7, 11) is 0. The molecular formula is C13H18BrNO3S. The summed E-state index contributed by atoms with van der Waals surface area (Å²) in [6, 6.07) is 2.97. The molecule has 0 saturated carbocycles. The van der Waals surface area contributed by atoms with Gasteiger partial charge < -0.3 is 10.4 Å². The Morgan fingerprint density at radius 1 is 1.47 bits per heavy atom. The normalized spacial score (nSPS) is 13.8. The van der Waals surface area contributed by atoms with Crippen molar-refractivity contribution >= 4 is 39.1 Å². The topological polar surface area (TPSA) is 66.4 Å². The summed E-state index contributed by atoms with van der Waals surface area (Å²) in [5.74, 6) is -1.54. The van der Waals surface area contributed by atoms with Crippen LogP contribution in [0.5, 0.6) is 0 Å². The zero-order chi connectivity index (χ0) is 14.4. The molecule has 2 unspecified atom stereocenters. The lowest BCUT2D eigenvalue weighted by Gasteiger charge is -2.17. The van der Waals surface area contributed by atoms with E-state index in [4.69, 9.17) is 5.11 Å². The van der Waals surface area contributed by atoms with E-state index in [1.807, 2.05) is 19.1 Å². The zero-order valence-corrected chi connectivity index (χ0v) is 13.4. The molecule has 0 aliphatic heterocycles. The number of amides is 1. The molecule has 0 spiro atoms. The third-order valence-corrected chi connectivity index (χ3v) is 4.68. The Bertz CT molecular complexity index is 447.